The van der Waals surface area contributed by atoms with E-state index in [4.69, 9.17) is 5.11 Å². The summed E-state index contributed by atoms with van der Waals surface area (Å²) in [6.07, 6.45) is 0. The van der Waals surface area contributed by atoms with Crippen molar-refractivity contribution in [3.05, 3.63) is 29.3 Å². The molecule has 0 spiro atoms. The van der Waals surface area contributed by atoms with E-state index in [0.29, 0.717) is 11.3 Å². The average molecular weight is 313 g/mol. The van der Waals surface area contributed by atoms with Crippen LogP contribution in [0, 0.1) is 12.8 Å². The molecule has 0 fully saturated rings. The Morgan fingerprint density at radius 2 is 1.90 bits per heavy atom. The van der Waals surface area contributed by atoms with Crippen LogP contribution in [-0.2, 0) is 14.6 Å². The number of carbonyl (C=O) groups is 2. The van der Waals surface area contributed by atoms with Crippen molar-refractivity contribution in [3.8, 4) is 0 Å². The first-order valence-electron chi connectivity index (χ1n) is 6.45. The van der Waals surface area contributed by atoms with Gasteiger partial charge in [0.2, 0.25) is 5.91 Å². The zero-order chi connectivity index (χ0) is 16.2. The zero-order valence-electron chi connectivity index (χ0n) is 12.2. The minimum atomic E-state index is -3.44. The van der Waals surface area contributed by atoms with Crippen LogP contribution in [0.25, 0.3) is 0 Å². The first-order chi connectivity index (χ1) is 9.60. The van der Waals surface area contributed by atoms with Gasteiger partial charge in [-0.15, -0.1) is 0 Å². The van der Waals surface area contributed by atoms with E-state index in [0.717, 1.165) is 0 Å². The van der Waals surface area contributed by atoms with Gasteiger partial charge in [-0.2, -0.15) is 0 Å². The standard InChI is InChI=1S/C14H19NO5S/c1-9(2)7-21(19,20)8-13(16)15-11-4-5-12(14(17)18)10(3)6-11/h4-6,9H,7-8H2,1-3H3,(H,15,16)(H,17,18). The van der Waals surface area contributed by atoms with E-state index in [1.807, 2.05) is 0 Å². The lowest BCUT2D eigenvalue weighted by molar-refractivity contribution is -0.113. The molecular formula is C14H19NO5S. The van der Waals surface area contributed by atoms with Gasteiger partial charge in [-0.25, -0.2) is 13.2 Å². The molecule has 1 rings (SSSR count). The predicted molar refractivity (Wildman–Crippen MR) is 80.3 cm³/mol. The second kappa shape index (κ2) is 6.71. The molecule has 116 valence electrons. The van der Waals surface area contributed by atoms with Crippen molar-refractivity contribution >= 4 is 27.4 Å². The van der Waals surface area contributed by atoms with Crippen LogP contribution < -0.4 is 5.32 Å². The Kier molecular flexibility index (Phi) is 5.48. The number of amides is 1. The number of hydrogen-bond donors (Lipinski definition) is 2. The van der Waals surface area contributed by atoms with Crippen LogP contribution in [0.15, 0.2) is 18.2 Å². The monoisotopic (exact) mass is 313 g/mol. The zero-order valence-corrected chi connectivity index (χ0v) is 13.0. The predicted octanol–water partition coefficient (Wildman–Crippen LogP) is 1.70. The fourth-order valence-electron chi connectivity index (χ4n) is 1.94. The Morgan fingerprint density at radius 3 is 2.38 bits per heavy atom. The van der Waals surface area contributed by atoms with Crippen LogP contribution in [0.3, 0.4) is 0 Å². The largest absolute Gasteiger partial charge is 0.478 e. The van der Waals surface area contributed by atoms with Gasteiger partial charge in [0.15, 0.2) is 9.84 Å². The number of hydrogen-bond acceptors (Lipinski definition) is 4. The molecule has 7 heteroatoms. The van der Waals surface area contributed by atoms with E-state index in [1.54, 1.807) is 20.8 Å². The molecule has 0 radical (unpaired) electrons. The fraction of sp³-hybridized carbons (Fsp3) is 0.429. The number of aryl methyl sites for hydroxylation is 1. The van der Waals surface area contributed by atoms with Gasteiger partial charge in [0.25, 0.3) is 0 Å². The van der Waals surface area contributed by atoms with Crippen LogP contribution in [0.2, 0.25) is 0 Å². The van der Waals surface area contributed by atoms with Crippen molar-refractivity contribution < 1.29 is 23.1 Å². The quantitative estimate of drug-likeness (QED) is 0.832. The van der Waals surface area contributed by atoms with Gasteiger partial charge < -0.3 is 10.4 Å². The normalized spacial score (nSPS) is 11.4. The van der Waals surface area contributed by atoms with Crippen molar-refractivity contribution in [2.45, 2.75) is 20.8 Å². The molecule has 1 aromatic carbocycles. The Bertz CT molecular complexity index is 649. The molecule has 0 bridgehead atoms. The number of nitrogens with one attached hydrogen (secondary N) is 1. The number of carbonyl (C=O) groups excluding carboxylic acids is 1. The topological polar surface area (TPSA) is 101 Å². The van der Waals surface area contributed by atoms with Gasteiger partial charge in [0, 0.05) is 5.69 Å². The molecule has 1 amide bonds. The molecule has 0 aliphatic heterocycles. The maximum Gasteiger partial charge on any atom is 0.335 e. The molecule has 0 aromatic heterocycles. The van der Waals surface area contributed by atoms with Crippen molar-refractivity contribution in [1.29, 1.82) is 0 Å². The van der Waals surface area contributed by atoms with E-state index in [2.05, 4.69) is 5.32 Å². The average Bonchev–Trinajstić information content (AvgIpc) is 2.24. The third-order valence-electron chi connectivity index (χ3n) is 2.68. The molecule has 0 saturated heterocycles. The first kappa shape index (κ1) is 17.2. The summed E-state index contributed by atoms with van der Waals surface area (Å²) in [4.78, 5) is 22.6. The Balaban J connectivity index is 2.76. The Morgan fingerprint density at radius 1 is 1.29 bits per heavy atom. The van der Waals surface area contributed by atoms with E-state index >= 15 is 0 Å². The summed E-state index contributed by atoms with van der Waals surface area (Å²) in [6.45, 7) is 5.14. The summed E-state index contributed by atoms with van der Waals surface area (Å²) < 4.78 is 23.4. The highest BCUT2D eigenvalue weighted by Crippen LogP contribution is 2.15. The van der Waals surface area contributed by atoms with Gasteiger partial charge in [-0.05, 0) is 36.6 Å². The highest BCUT2D eigenvalue weighted by Gasteiger charge is 2.18. The molecular weight excluding hydrogens is 294 g/mol. The van der Waals surface area contributed by atoms with E-state index < -0.39 is 27.5 Å². The third kappa shape index (κ3) is 5.55. The minimum Gasteiger partial charge on any atom is -0.478 e. The van der Waals surface area contributed by atoms with Gasteiger partial charge in [0.1, 0.15) is 5.75 Å². The number of benzene rings is 1. The molecule has 0 saturated carbocycles. The molecule has 0 unspecified atom stereocenters. The van der Waals surface area contributed by atoms with Crippen LogP contribution in [-0.4, -0.2) is 36.9 Å². The molecule has 21 heavy (non-hydrogen) atoms. The van der Waals surface area contributed by atoms with E-state index in [-0.39, 0.29) is 17.2 Å². The van der Waals surface area contributed by atoms with Crippen molar-refractivity contribution in [2.75, 3.05) is 16.8 Å². The molecule has 0 aliphatic carbocycles. The first-order valence-corrected chi connectivity index (χ1v) is 8.27. The fourth-order valence-corrected chi connectivity index (χ4v) is 3.55. The summed E-state index contributed by atoms with van der Waals surface area (Å²) in [5, 5.41) is 11.4. The van der Waals surface area contributed by atoms with Crippen LogP contribution in [0.5, 0.6) is 0 Å². The highest BCUT2D eigenvalue weighted by atomic mass is 32.2. The lowest BCUT2D eigenvalue weighted by Crippen LogP contribution is -2.26. The lowest BCUT2D eigenvalue weighted by Gasteiger charge is -2.09. The van der Waals surface area contributed by atoms with Crippen molar-refractivity contribution in [2.24, 2.45) is 5.92 Å². The summed E-state index contributed by atoms with van der Waals surface area (Å²) >= 11 is 0. The Hall–Kier alpha value is -1.89. The number of anilines is 1. The van der Waals surface area contributed by atoms with Crippen LogP contribution >= 0.6 is 0 Å². The van der Waals surface area contributed by atoms with Gasteiger partial charge >= 0.3 is 5.97 Å². The second-order valence-electron chi connectivity index (χ2n) is 5.33. The molecule has 1 aromatic rings. The Labute approximate surface area is 124 Å². The molecule has 0 heterocycles. The number of carboxylic acids is 1. The van der Waals surface area contributed by atoms with Gasteiger partial charge in [-0.3, -0.25) is 4.79 Å². The van der Waals surface area contributed by atoms with E-state index in [9.17, 15) is 18.0 Å². The van der Waals surface area contributed by atoms with Gasteiger partial charge in [0.05, 0.1) is 11.3 Å². The third-order valence-corrected chi connectivity index (χ3v) is 4.56. The summed E-state index contributed by atoms with van der Waals surface area (Å²) in [6, 6.07) is 4.30. The second-order valence-corrected chi connectivity index (χ2v) is 7.44. The maximum atomic E-state index is 11.7. The van der Waals surface area contributed by atoms with Crippen LogP contribution in [0.1, 0.15) is 29.8 Å². The smallest absolute Gasteiger partial charge is 0.335 e. The highest BCUT2D eigenvalue weighted by molar-refractivity contribution is 7.92. The molecule has 2 N–H and O–H groups in total. The maximum absolute atomic E-state index is 11.7. The number of aromatic carboxylic acids is 1. The number of carboxylic acid groups (broad SMARTS) is 1. The van der Waals surface area contributed by atoms with Crippen molar-refractivity contribution in [1.82, 2.24) is 0 Å². The van der Waals surface area contributed by atoms with Crippen LogP contribution in [0.4, 0.5) is 5.69 Å². The minimum absolute atomic E-state index is 0.0418. The summed E-state index contributed by atoms with van der Waals surface area (Å²) in [5.74, 6) is -2.34. The van der Waals surface area contributed by atoms with Gasteiger partial charge in [-0.1, -0.05) is 13.8 Å². The van der Waals surface area contributed by atoms with Crippen molar-refractivity contribution in [3.63, 3.8) is 0 Å². The SMILES string of the molecule is Cc1cc(NC(=O)CS(=O)(=O)CC(C)C)ccc1C(=O)O. The number of sulfone groups is 1. The lowest BCUT2D eigenvalue weighted by atomic mass is 10.1. The molecule has 6 nitrogen and oxygen atoms in total. The summed E-state index contributed by atoms with van der Waals surface area (Å²) in [7, 11) is -3.44. The summed E-state index contributed by atoms with van der Waals surface area (Å²) in [5.41, 5.74) is 1.01. The number of rotatable bonds is 6. The van der Waals surface area contributed by atoms with E-state index in [1.165, 1.54) is 18.2 Å². The molecule has 0 aliphatic rings. The molecule has 0 atom stereocenters.